The van der Waals surface area contributed by atoms with Crippen LogP contribution < -0.4 is 20.1 Å². The standard InChI is InChI=1S/C20H25N3O5/c1-3-5-6-7-8-23(20(21)25)18-14(19(24)26-4-2)9-13-10-16-17(28-12-27-16)11-15(13)22-18/h9-11H,3-8,12H2,1-2H3,(H2,21,25). The van der Waals surface area contributed by atoms with Crippen molar-refractivity contribution in [2.24, 2.45) is 5.73 Å². The average molecular weight is 387 g/mol. The number of nitrogens with two attached hydrogens (primary N) is 1. The summed E-state index contributed by atoms with van der Waals surface area (Å²) in [6.45, 7) is 4.56. The van der Waals surface area contributed by atoms with Gasteiger partial charge in [0.15, 0.2) is 17.3 Å². The van der Waals surface area contributed by atoms with Crippen LogP contribution >= 0.6 is 0 Å². The van der Waals surface area contributed by atoms with E-state index in [2.05, 4.69) is 11.9 Å². The molecule has 1 aliphatic rings. The molecule has 0 unspecified atom stereocenters. The van der Waals surface area contributed by atoms with Crippen molar-refractivity contribution >= 4 is 28.7 Å². The van der Waals surface area contributed by atoms with E-state index >= 15 is 0 Å². The number of carbonyl (C=O) groups is 2. The number of urea groups is 1. The summed E-state index contributed by atoms with van der Waals surface area (Å²) < 4.78 is 16.0. The van der Waals surface area contributed by atoms with E-state index in [1.807, 2.05) is 0 Å². The van der Waals surface area contributed by atoms with Gasteiger partial charge in [-0.1, -0.05) is 26.2 Å². The van der Waals surface area contributed by atoms with Gasteiger partial charge in [0, 0.05) is 18.0 Å². The van der Waals surface area contributed by atoms with Gasteiger partial charge >= 0.3 is 12.0 Å². The number of anilines is 1. The number of benzene rings is 1. The molecule has 0 saturated carbocycles. The highest BCUT2D eigenvalue weighted by atomic mass is 16.7. The molecule has 0 saturated heterocycles. The Hall–Kier alpha value is -3.03. The maximum absolute atomic E-state index is 12.5. The molecule has 3 rings (SSSR count). The van der Waals surface area contributed by atoms with Gasteiger partial charge in [-0.05, 0) is 25.5 Å². The number of unbranched alkanes of at least 4 members (excludes halogenated alkanes) is 3. The Labute approximate surface area is 163 Å². The number of pyridine rings is 1. The van der Waals surface area contributed by atoms with Crippen molar-refractivity contribution in [2.45, 2.75) is 39.5 Å². The first-order valence-corrected chi connectivity index (χ1v) is 9.53. The average Bonchev–Trinajstić information content (AvgIpc) is 3.12. The molecule has 150 valence electrons. The van der Waals surface area contributed by atoms with Crippen LogP contribution in [0.25, 0.3) is 10.9 Å². The summed E-state index contributed by atoms with van der Waals surface area (Å²) in [5.74, 6) is 0.810. The van der Waals surface area contributed by atoms with E-state index in [9.17, 15) is 9.59 Å². The fourth-order valence-electron chi connectivity index (χ4n) is 3.14. The zero-order valence-corrected chi connectivity index (χ0v) is 16.2. The van der Waals surface area contributed by atoms with Gasteiger partial charge in [0.2, 0.25) is 6.79 Å². The second-order valence-corrected chi connectivity index (χ2v) is 6.53. The van der Waals surface area contributed by atoms with Gasteiger partial charge in [-0.25, -0.2) is 14.6 Å². The number of rotatable bonds is 8. The third kappa shape index (κ3) is 4.11. The normalized spacial score (nSPS) is 12.2. The molecule has 2 aromatic rings. The number of ether oxygens (including phenoxy) is 3. The predicted octanol–water partition coefficient (Wildman–Crippen LogP) is 3.61. The number of hydrogen-bond acceptors (Lipinski definition) is 6. The molecule has 1 aliphatic heterocycles. The maximum atomic E-state index is 12.5. The summed E-state index contributed by atoms with van der Waals surface area (Å²) in [6.07, 6.45) is 3.86. The number of aromatic nitrogens is 1. The molecule has 0 fully saturated rings. The van der Waals surface area contributed by atoms with E-state index in [-0.39, 0.29) is 24.8 Å². The molecule has 1 aromatic carbocycles. The van der Waals surface area contributed by atoms with Gasteiger partial charge in [-0.3, -0.25) is 4.90 Å². The Balaban J connectivity index is 2.05. The lowest BCUT2D eigenvalue weighted by Crippen LogP contribution is -2.38. The Bertz CT molecular complexity index is 884. The summed E-state index contributed by atoms with van der Waals surface area (Å²) in [5, 5.41) is 0.687. The molecule has 28 heavy (non-hydrogen) atoms. The molecule has 2 heterocycles. The van der Waals surface area contributed by atoms with Gasteiger partial charge in [0.05, 0.1) is 12.1 Å². The lowest BCUT2D eigenvalue weighted by Gasteiger charge is -2.22. The fraction of sp³-hybridized carbons (Fsp3) is 0.450. The third-order valence-corrected chi connectivity index (χ3v) is 4.54. The first-order valence-electron chi connectivity index (χ1n) is 9.53. The minimum atomic E-state index is -0.658. The lowest BCUT2D eigenvalue weighted by molar-refractivity contribution is 0.0527. The Morgan fingerprint density at radius 3 is 2.57 bits per heavy atom. The molecule has 0 spiro atoms. The van der Waals surface area contributed by atoms with Crippen molar-refractivity contribution in [3.05, 3.63) is 23.8 Å². The van der Waals surface area contributed by atoms with Crippen LogP contribution in [0, 0.1) is 0 Å². The highest BCUT2D eigenvalue weighted by molar-refractivity contribution is 6.04. The van der Waals surface area contributed by atoms with Crippen molar-refractivity contribution in [1.29, 1.82) is 0 Å². The summed E-state index contributed by atoms with van der Waals surface area (Å²) >= 11 is 0. The molecule has 8 nitrogen and oxygen atoms in total. The largest absolute Gasteiger partial charge is 0.462 e. The topological polar surface area (TPSA) is 104 Å². The lowest BCUT2D eigenvalue weighted by atomic mass is 10.1. The van der Waals surface area contributed by atoms with Crippen LogP contribution in [0.4, 0.5) is 10.6 Å². The second-order valence-electron chi connectivity index (χ2n) is 6.53. The minimum Gasteiger partial charge on any atom is -0.462 e. The summed E-state index contributed by atoms with van der Waals surface area (Å²) in [4.78, 5) is 30.6. The minimum absolute atomic E-state index is 0.133. The van der Waals surface area contributed by atoms with E-state index in [4.69, 9.17) is 19.9 Å². The van der Waals surface area contributed by atoms with Gasteiger partial charge in [0.25, 0.3) is 0 Å². The Kier molecular flexibility index (Phi) is 6.18. The van der Waals surface area contributed by atoms with Gasteiger partial charge in [0.1, 0.15) is 5.56 Å². The molecular weight excluding hydrogens is 362 g/mol. The fourth-order valence-corrected chi connectivity index (χ4v) is 3.14. The third-order valence-electron chi connectivity index (χ3n) is 4.54. The molecule has 8 heteroatoms. The van der Waals surface area contributed by atoms with Crippen molar-refractivity contribution in [3.8, 4) is 11.5 Å². The number of amides is 2. The SMILES string of the molecule is CCCCCCN(C(N)=O)c1nc2cc3c(cc2cc1C(=O)OCC)OCO3. The molecule has 0 atom stereocenters. The van der Waals surface area contributed by atoms with Gasteiger partial charge in [-0.2, -0.15) is 0 Å². The summed E-state index contributed by atoms with van der Waals surface area (Å²) in [5.41, 5.74) is 6.38. The zero-order valence-electron chi connectivity index (χ0n) is 16.2. The van der Waals surface area contributed by atoms with Crippen LogP contribution in [-0.4, -0.2) is 36.9 Å². The second kappa shape index (κ2) is 8.77. The van der Waals surface area contributed by atoms with Crippen LogP contribution in [0.5, 0.6) is 11.5 Å². The quantitative estimate of drug-likeness (QED) is 0.548. The zero-order chi connectivity index (χ0) is 20.1. The van der Waals surface area contributed by atoms with Crippen LogP contribution in [0.15, 0.2) is 18.2 Å². The van der Waals surface area contributed by atoms with Crippen LogP contribution in [-0.2, 0) is 4.74 Å². The van der Waals surface area contributed by atoms with Gasteiger partial charge in [-0.15, -0.1) is 0 Å². The van der Waals surface area contributed by atoms with E-state index < -0.39 is 12.0 Å². The maximum Gasteiger partial charge on any atom is 0.341 e. The molecule has 0 bridgehead atoms. The predicted molar refractivity (Wildman–Crippen MR) is 105 cm³/mol. The highest BCUT2D eigenvalue weighted by Crippen LogP contribution is 2.37. The smallest absolute Gasteiger partial charge is 0.341 e. The number of nitrogens with zero attached hydrogens (tertiary/aromatic N) is 2. The van der Waals surface area contributed by atoms with E-state index in [0.717, 1.165) is 25.7 Å². The van der Waals surface area contributed by atoms with Gasteiger partial charge < -0.3 is 19.9 Å². The first-order chi connectivity index (χ1) is 13.5. The molecule has 0 aliphatic carbocycles. The number of primary amides is 1. The number of carbonyl (C=O) groups excluding carboxylic acids is 2. The molecule has 2 amide bonds. The van der Waals surface area contributed by atoms with Crippen LogP contribution in [0.3, 0.4) is 0 Å². The summed E-state index contributed by atoms with van der Waals surface area (Å²) in [6, 6.07) is 4.48. The first kappa shape index (κ1) is 19.7. The van der Waals surface area contributed by atoms with Crippen LogP contribution in [0.1, 0.15) is 49.9 Å². The molecule has 2 N–H and O–H groups in total. The highest BCUT2D eigenvalue weighted by Gasteiger charge is 2.25. The Morgan fingerprint density at radius 2 is 1.89 bits per heavy atom. The monoisotopic (exact) mass is 387 g/mol. The molecule has 1 aromatic heterocycles. The summed E-state index contributed by atoms with van der Waals surface area (Å²) in [7, 11) is 0. The van der Waals surface area contributed by atoms with Crippen molar-refractivity contribution in [1.82, 2.24) is 4.98 Å². The van der Waals surface area contributed by atoms with Crippen molar-refractivity contribution in [3.63, 3.8) is 0 Å². The number of hydrogen-bond donors (Lipinski definition) is 1. The van der Waals surface area contributed by atoms with E-state index in [0.29, 0.717) is 28.9 Å². The van der Waals surface area contributed by atoms with Crippen LogP contribution in [0.2, 0.25) is 0 Å². The van der Waals surface area contributed by atoms with E-state index in [1.54, 1.807) is 25.1 Å². The number of fused-ring (bicyclic) bond motifs is 2. The Morgan fingerprint density at radius 1 is 1.14 bits per heavy atom. The van der Waals surface area contributed by atoms with Crippen molar-refractivity contribution < 1.29 is 23.8 Å². The number of esters is 1. The van der Waals surface area contributed by atoms with E-state index in [1.165, 1.54) is 4.90 Å². The molecule has 0 radical (unpaired) electrons. The molecular formula is C20H25N3O5. The van der Waals surface area contributed by atoms with Crippen molar-refractivity contribution in [2.75, 3.05) is 24.8 Å².